The molecule has 2 aromatic heterocycles. The van der Waals surface area contributed by atoms with Crippen LogP contribution in [0.1, 0.15) is 5.56 Å². The predicted molar refractivity (Wildman–Crippen MR) is 109 cm³/mol. The van der Waals surface area contributed by atoms with Gasteiger partial charge in [0, 0.05) is 23.5 Å². The van der Waals surface area contributed by atoms with Crippen LogP contribution in [0.5, 0.6) is 0 Å². The maximum atomic E-state index is 12.8. The summed E-state index contributed by atoms with van der Waals surface area (Å²) in [5.41, 5.74) is 0.437. The first-order valence-corrected chi connectivity index (χ1v) is 9.65. The van der Waals surface area contributed by atoms with E-state index in [1.165, 1.54) is 11.3 Å². The van der Waals surface area contributed by atoms with Crippen LogP contribution in [-0.4, -0.2) is 15.5 Å². The number of carbonyl (C=O) groups excluding carboxylic acids is 1. The number of rotatable bonds is 4. The number of fused-ring (bicyclic) bond motifs is 1. The number of aromatic nitrogens is 2. The number of thiazole rings is 1. The van der Waals surface area contributed by atoms with Gasteiger partial charge in [-0.1, -0.05) is 24.3 Å². The standard InChI is InChI=1S/C21H14F3N3O2S/c22-21(23,24)14-8-9-19(29)27(11-14)12-18(28)25-15-5-3-4-13(10-15)20-26-16-6-1-2-7-17(16)30-20/h1-11H,12H2,(H,25,28). The van der Waals surface area contributed by atoms with E-state index in [-0.39, 0.29) is 0 Å². The Morgan fingerprint density at radius 2 is 1.87 bits per heavy atom. The zero-order valence-corrected chi connectivity index (χ0v) is 16.1. The largest absolute Gasteiger partial charge is 0.417 e. The van der Waals surface area contributed by atoms with Crippen LogP contribution in [0.4, 0.5) is 18.9 Å². The second-order valence-corrected chi connectivity index (χ2v) is 7.53. The summed E-state index contributed by atoms with van der Waals surface area (Å²) in [6.45, 7) is -0.534. The lowest BCUT2D eigenvalue weighted by Crippen LogP contribution is -2.28. The summed E-state index contributed by atoms with van der Waals surface area (Å²) in [5.74, 6) is -0.613. The Hall–Kier alpha value is -3.46. The molecule has 0 spiro atoms. The first kappa shape index (κ1) is 19.8. The molecule has 0 fully saturated rings. The van der Waals surface area contributed by atoms with E-state index in [4.69, 9.17) is 0 Å². The van der Waals surface area contributed by atoms with Crippen molar-refractivity contribution in [1.29, 1.82) is 0 Å². The van der Waals surface area contributed by atoms with Crippen molar-refractivity contribution in [3.05, 3.63) is 82.8 Å². The Labute approximate surface area is 172 Å². The number of carbonyl (C=O) groups is 1. The zero-order valence-electron chi connectivity index (χ0n) is 15.3. The summed E-state index contributed by atoms with van der Waals surface area (Å²) in [6.07, 6.45) is -3.96. The monoisotopic (exact) mass is 429 g/mol. The third-order valence-electron chi connectivity index (χ3n) is 4.31. The highest BCUT2D eigenvalue weighted by molar-refractivity contribution is 7.21. The van der Waals surface area contributed by atoms with Gasteiger partial charge in [0.25, 0.3) is 5.56 Å². The molecule has 2 aromatic carbocycles. The van der Waals surface area contributed by atoms with Gasteiger partial charge in [-0.2, -0.15) is 13.2 Å². The molecule has 0 aliphatic rings. The van der Waals surface area contributed by atoms with Crippen molar-refractivity contribution < 1.29 is 18.0 Å². The summed E-state index contributed by atoms with van der Waals surface area (Å²) in [5, 5.41) is 3.40. The Bertz CT molecular complexity index is 1260. The van der Waals surface area contributed by atoms with Crippen molar-refractivity contribution >= 4 is 33.1 Å². The van der Waals surface area contributed by atoms with Gasteiger partial charge in [0.05, 0.1) is 15.8 Å². The number of alkyl halides is 3. The lowest BCUT2D eigenvalue weighted by Gasteiger charge is -2.11. The summed E-state index contributed by atoms with van der Waals surface area (Å²) < 4.78 is 40.3. The fraction of sp³-hybridized carbons (Fsp3) is 0.0952. The van der Waals surface area contributed by atoms with Crippen LogP contribution in [0.2, 0.25) is 0 Å². The minimum absolute atomic E-state index is 0.455. The number of benzene rings is 2. The van der Waals surface area contributed by atoms with Gasteiger partial charge < -0.3 is 9.88 Å². The average Bonchev–Trinajstić information content (AvgIpc) is 3.13. The molecule has 0 atom stereocenters. The zero-order chi connectivity index (χ0) is 21.3. The SMILES string of the molecule is O=C(Cn1cc(C(F)(F)F)ccc1=O)Nc1cccc(-c2nc3ccccc3s2)c1. The van der Waals surface area contributed by atoms with E-state index in [0.717, 1.165) is 31.4 Å². The Kier molecular flexibility index (Phi) is 5.13. The first-order chi connectivity index (χ1) is 14.3. The van der Waals surface area contributed by atoms with Gasteiger partial charge >= 0.3 is 6.18 Å². The van der Waals surface area contributed by atoms with Gasteiger partial charge in [0.15, 0.2) is 0 Å². The molecule has 0 unspecified atom stereocenters. The average molecular weight is 429 g/mol. The van der Waals surface area contributed by atoms with Gasteiger partial charge in [-0.25, -0.2) is 4.98 Å². The molecule has 0 aliphatic heterocycles. The highest BCUT2D eigenvalue weighted by Gasteiger charge is 2.31. The van der Waals surface area contributed by atoms with Gasteiger partial charge in [-0.3, -0.25) is 9.59 Å². The second-order valence-electron chi connectivity index (χ2n) is 6.50. The van der Waals surface area contributed by atoms with Crippen molar-refractivity contribution in [3.8, 4) is 10.6 Å². The van der Waals surface area contributed by atoms with Crippen LogP contribution in [-0.2, 0) is 17.5 Å². The molecule has 0 saturated heterocycles. The van der Waals surface area contributed by atoms with E-state index in [2.05, 4.69) is 10.3 Å². The van der Waals surface area contributed by atoms with Crippen LogP contribution in [0, 0.1) is 0 Å². The number of halogens is 3. The number of nitrogens with zero attached hydrogens (tertiary/aromatic N) is 2. The van der Waals surface area contributed by atoms with Crippen LogP contribution < -0.4 is 10.9 Å². The third kappa shape index (κ3) is 4.25. The maximum Gasteiger partial charge on any atom is 0.417 e. The van der Waals surface area contributed by atoms with Gasteiger partial charge in [0.2, 0.25) is 5.91 Å². The van der Waals surface area contributed by atoms with Crippen LogP contribution >= 0.6 is 11.3 Å². The van der Waals surface area contributed by atoms with Gasteiger partial charge in [0.1, 0.15) is 11.6 Å². The third-order valence-corrected chi connectivity index (χ3v) is 5.40. The number of para-hydroxylation sites is 1. The Morgan fingerprint density at radius 1 is 1.07 bits per heavy atom. The van der Waals surface area contributed by atoms with Crippen molar-refractivity contribution in [2.45, 2.75) is 12.7 Å². The fourth-order valence-corrected chi connectivity index (χ4v) is 3.87. The maximum absolute atomic E-state index is 12.8. The lowest BCUT2D eigenvalue weighted by atomic mass is 10.2. The molecule has 152 valence electrons. The van der Waals surface area contributed by atoms with E-state index < -0.39 is 29.8 Å². The van der Waals surface area contributed by atoms with E-state index in [0.29, 0.717) is 18.0 Å². The molecule has 2 heterocycles. The van der Waals surface area contributed by atoms with Crippen molar-refractivity contribution in [3.63, 3.8) is 0 Å². The smallest absolute Gasteiger partial charge is 0.325 e. The van der Waals surface area contributed by atoms with E-state index in [1.54, 1.807) is 18.2 Å². The molecule has 1 amide bonds. The minimum atomic E-state index is -4.60. The Morgan fingerprint density at radius 3 is 2.63 bits per heavy atom. The summed E-state index contributed by atoms with van der Waals surface area (Å²) in [4.78, 5) is 28.7. The molecule has 9 heteroatoms. The predicted octanol–water partition coefficient (Wildman–Crippen LogP) is 4.78. The molecule has 0 aliphatic carbocycles. The number of hydrogen-bond donors (Lipinski definition) is 1. The molecule has 30 heavy (non-hydrogen) atoms. The summed E-state index contributed by atoms with van der Waals surface area (Å²) >= 11 is 1.51. The quantitative estimate of drug-likeness (QED) is 0.508. The van der Waals surface area contributed by atoms with E-state index in [9.17, 15) is 22.8 Å². The number of amides is 1. The van der Waals surface area contributed by atoms with E-state index >= 15 is 0 Å². The van der Waals surface area contributed by atoms with Crippen molar-refractivity contribution in [2.75, 3.05) is 5.32 Å². The normalized spacial score (nSPS) is 11.6. The molecule has 0 saturated carbocycles. The molecular weight excluding hydrogens is 415 g/mol. The molecule has 0 radical (unpaired) electrons. The number of nitrogens with one attached hydrogen (secondary N) is 1. The number of hydrogen-bond acceptors (Lipinski definition) is 4. The summed E-state index contributed by atoms with van der Waals surface area (Å²) in [7, 11) is 0. The van der Waals surface area contributed by atoms with E-state index in [1.807, 2.05) is 30.3 Å². The summed E-state index contributed by atoms with van der Waals surface area (Å²) in [6, 6.07) is 16.2. The minimum Gasteiger partial charge on any atom is -0.325 e. The highest BCUT2D eigenvalue weighted by Crippen LogP contribution is 2.31. The Balaban J connectivity index is 1.53. The first-order valence-electron chi connectivity index (χ1n) is 8.83. The van der Waals surface area contributed by atoms with Crippen LogP contribution in [0.15, 0.2) is 71.7 Å². The van der Waals surface area contributed by atoms with Crippen molar-refractivity contribution in [2.24, 2.45) is 0 Å². The topological polar surface area (TPSA) is 64.0 Å². The second kappa shape index (κ2) is 7.75. The lowest BCUT2D eigenvalue weighted by molar-refractivity contribution is -0.138. The molecule has 5 nitrogen and oxygen atoms in total. The van der Waals surface area contributed by atoms with Gasteiger partial charge in [-0.05, 0) is 30.3 Å². The highest BCUT2D eigenvalue weighted by atomic mass is 32.1. The fourth-order valence-electron chi connectivity index (χ4n) is 2.90. The molecular formula is C21H14F3N3O2S. The van der Waals surface area contributed by atoms with Gasteiger partial charge in [-0.15, -0.1) is 11.3 Å². The number of pyridine rings is 1. The molecule has 1 N–H and O–H groups in total. The van der Waals surface area contributed by atoms with Crippen LogP contribution in [0.3, 0.4) is 0 Å². The van der Waals surface area contributed by atoms with Crippen LogP contribution in [0.25, 0.3) is 20.8 Å². The molecule has 4 aromatic rings. The number of anilines is 1. The molecule has 4 rings (SSSR count). The molecule has 0 bridgehead atoms. The van der Waals surface area contributed by atoms with Crippen molar-refractivity contribution in [1.82, 2.24) is 9.55 Å².